The number of unbranched alkanes of at least 4 members (excludes halogenated alkanes) is 10. The van der Waals surface area contributed by atoms with Gasteiger partial charge in [-0.2, -0.15) is 0 Å². The van der Waals surface area contributed by atoms with Crippen LogP contribution in [0.5, 0.6) is 0 Å². The average Bonchev–Trinajstić information content (AvgIpc) is 3.03. The fraction of sp³-hybridized carbons (Fsp3) is 0.421. The molecular weight excluding hydrogens is 639 g/mol. The molecule has 0 fully saturated rings. The van der Waals surface area contributed by atoms with Crippen LogP contribution in [-0.2, 0) is 6.15 Å². The van der Waals surface area contributed by atoms with Gasteiger partial charge in [-0.05, 0) is 0 Å². The van der Waals surface area contributed by atoms with Crippen LogP contribution in [0.15, 0.2) is 84.9 Å². The molecule has 43 heavy (non-hydrogen) atoms. The van der Waals surface area contributed by atoms with Gasteiger partial charge < -0.3 is 0 Å². The Morgan fingerprint density at radius 3 is 1.30 bits per heavy atom. The first kappa shape index (κ1) is 33.0. The molecule has 0 amide bonds. The van der Waals surface area contributed by atoms with Crippen LogP contribution >= 0.6 is 0 Å². The maximum atomic E-state index is 14.0. The second-order valence-corrected chi connectivity index (χ2v) is 21.0. The number of benzene rings is 4. The monoisotopic (exact) mass is 688 g/mol. The second kappa shape index (κ2) is 17.4. The van der Waals surface area contributed by atoms with Gasteiger partial charge in [-0.3, -0.25) is 0 Å². The molecule has 0 saturated carbocycles. The first-order chi connectivity index (χ1) is 21.1. The van der Waals surface area contributed by atoms with Crippen LogP contribution in [0.3, 0.4) is 0 Å². The Morgan fingerprint density at radius 2 is 0.860 bits per heavy atom. The minimum atomic E-state index is -4.30. The van der Waals surface area contributed by atoms with E-state index in [1.165, 1.54) is 38.5 Å². The average molecular weight is 688 g/mol. The third-order valence-corrected chi connectivity index (χ3v) is 17.9. The summed E-state index contributed by atoms with van der Waals surface area (Å²) in [4.78, 5) is 28.0. The van der Waals surface area contributed by atoms with Crippen molar-refractivity contribution in [2.24, 2.45) is 0 Å². The molecule has 0 radical (unpaired) electrons. The summed E-state index contributed by atoms with van der Waals surface area (Å²) in [6, 6.07) is 27.3. The van der Waals surface area contributed by atoms with Gasteiger partial charge in [0, 0.05) is 0 Å². The number of fused-ring (bicyclic) bond motifs is 2. The van der Waals surface area contributed by atoms with Gasteiger partial charge >= 0.3 is 264 Å². The zero-order valence-electron chi connectivity index (χ0n) is 26.1. The van der Waals surface area contributed by atoms with E-state index >= 15 is 0 Å². The van der Waals surface area contributed by atoms with E-state index < -0.39 is 19.2 Å². The molecular formula is C38H48O4Sn. The Bertz CT molecular complexity index is 1340. The summed E-state index contributed by atoms with van der Waals surface area (Å²) in [6.45, 7) is 4.45. The number of rotatable bonds is 18. The summed E-state index contributed by atoms with van der Waals surface area (Å²) in [5, 5.41) is 3.74. The standard InChI is InChI=1S/2C11H8O2.2C8H17.Sn/c2*12-11(13)10-7-3-5-8-4-1-2-6-9(8)10;2*1-3-5-7-8-6-4-2;/h2*1-7H,(H,12,13);2*1,3-8H2,2H3;/q;;;;+2/p-2. The molecule has 0 saturated heterocycles. The van der Waals surface area contributed by atoms with Crippen molar-refractivity contribution in [3.8, 4) is 0 Å². The molecule has 0 aliphatic rings. The second-order valence-electron chi connectivity index (χ2n) is 11.8. The van der Waals surface area contributed by atoms with E-state index in [1.54, 1.807) is 0 Å². The Labute approximate surface area is 263 Å². The molecule has 0 atom stereocenters. The van der Waals surface area contributed by atoms with Gasteiger partial charge in [-0.1, -0.05) is 0 Å². The van der Waals surface area contributed by atoms with Crippen molar-refractivity contribution in [2.45, 2.75) is 99.8 Å². The molecule has 0 aliphatic heterocycles. The molecule has 5 heteroatoms. The van der Waals surface area contributed by atoms with Crippen molar-refractivity contribution in [3.05, 3.63) is 96.1 Å². The first-order valence-corrected chi connectivity index (χ1v) is 22.9. The van der Waals surface area contributed by atoms with Crippen molar-refractivity contribution in [3.63, 3.8) is 0 Å². The fourth-order valence-electron chi connectivity index (χ4n) is 5.95. The Kier molecular flexibility index (Phi) is 13.4. The molecule has 4 aromatic rings. The van der Waals surface area contributed by atoms with Gasteiger partial charge in [0.25, 0.3) is 0 Å². The molecule has 0 spiro atoms. The summed E-state index contributed by atoms with van der Waals surface area (Å²) >= 11 is -4.30. The van der Waals surface area contributed by atoms with Gasteiger partial charge in [-0.15, -0.1) is 0 Å². The van der Waals surface area contributed by atoms with Crippen molar-refractivity contribution >= 4 is 52.7 Å². The molecule has 4 aromatic carbocycles. The topological polar surface area (TPSA) is 52.6 Å². The Balaban J connectivity index is 1.64. The van der Waals surface area contributed by atoms with E-state index in [4.69, 9.17) is 6.15 Å². The Hall–Kier alpha value is -2.86. The van der Waals surface area contributed by atoms with E-state index in [1.807, 2.05) is 84.9 Å². The maximum absolute atomic E-state index is 14.0. The van der Waals surface area contributed by atoms with Gasteiger partial charge in [0.1, 0.15) is 0 Å². The van der Waals surface area contributed by atoms with E-state index in [2.05, 4.69) is 13.8 Å². The Morgan fingerprint density at radius 1 is 0.488 bits per heavy atom. The minimum absolute atomic E-state index is 0.352. The summed E-state index contributed by atoms with van der Waals surface area (Å²) < 4.78 is 14.6. The predicted molar refractivity (Wildman–Crippen MR) is 181 cm³/mol. The number of hydrogen-bond acceptors (Lipinski definition) is 4. The quantitative estimate of drug-likeness (QED) is 0.0772. The predicted octanol–water partition coefficient (Wildman–Crippen LogP) is 11.2. The van der Waals surface area contributed by atoms with Crippen LogP contribution in [-0.4, -0.2) is 31.1 Å². The number of hydrogen-bond donors (Lipinski definition) is 0. The number of carbonyl (C=O) groups excluding carboxylic acids is 2. The molecule has 0 N–H and O–H groups in total. The van der Waals surface area contributed by atoms with Crippen LogP contribution in [0.1, 0.15) is 112 Å². The van der Waals surface area contributed by atoms with Crippen LogP contribution in [0.2, 0.25) is 8.87 Å². The third kappa shape index (κ3) is 9.56. The van der Waals surface area contributed by atoms with Crippen LogP contribution < -0.4 is 0 Å². The zero-order chi connectivity index (χ0) is 30.3. The SMILES string of the molecule is CCCCCCC[CH2][Sn]([CH2]CCCCCCC)([O]C(=O)c1cccc2ccccc12)[O]C(=O)c1cccc2ccccc12. The summed E-state index contributed by atoms with van der Waals surface area (Å²) in [7, 11) is 0. The molecule has 0 aliphatic carbocycles. The molecule has 4 nitrogen and oxygen atoms in total. The molecule has 0 aromatic heterocycles. The van der Waals surface area contributed by atoms with Crippen molar-refractivity contribution in [1.29, 1.82) is 0 Å². The molecule has 4 rings (SSSR count). The summed E-state index contributed by atoms with van der Waals surface area (Å²) in [5.41, 5.74) is 1.09. The van der Waals surface area contributed by atoms with Crippen LogP contribution in [0.25, 0.3) is 21.5 Å². The zero-order valence-corrected chi connectivity index (χ0v) is 29.0. The molecule has 0 bridgehead atoms. The first-order valence-electron chi connectivity index (χ1n) is 16.5. The van der Waals surface area contributed by atoms with Gasteiger partial charge in [-0.25, -0.2) is 0 Å². The van der Waals surface area contributed by atoms with E-state index in [0.717, 1.165) is 60.1 Å². The molecule has 0 heterocycles. The molecule has 0 unspecified atom stereocenters. The van der Waals surface area contributed by atoms with E-state index in [-0.39, 0.29) is 11.9 Å². The van der Waals surface area contributed by atoms with Crippen LogP contribution in [0.4, 0.5) is 0 Å². The normalized spacial score (nSPS) is 11.6. The van der Waals surface area contributed by atoms with Crippen molar-refractivity contribution in [2.75, 3.05) is 0 Å². The van der Waals surface area contributed by atoms with Gasteiger partial charge in [0.15, 0.2) is 0 Å². The van der Waals surface area contributed by atoms with Crippen molar-refractivity contribution in [1.82, 2.24) is 0 Å². The van der Waals surface area contributed by atoms with E-state index in [0.29, 0.717) is 20.0 Å². The van der Waals surface area contributed by atoms with Gasteiger partial charge in [0.2, 0.25) is 0 Å². The van der Waals surface area contributed by atoms with Crippen molar-refractivity contribution < 1.29 is 15.7 Å². The van der Waals surface area contributed by atoms with Gasteiger partial charge in [0.05, 0.1) is 0 Å². The summed E-state index contributed by atoms with van der Waals surface area (Å²) in [6.07, 6.45) is 13.6. The fourth-order valence-corrected chi connectivity index (χ4v) is 15.0. The third-order valence-electron chi connectivity index (χ3n) is 8.40. The van der Waals surface area contributed by atoms with E-state index in [9.17, 15) is 9.59 Å². The summed E-state index contributed by atoms with van der Waals surface area (Å²) in [5.74, 6) is -0.703. The molecule has 228 valence electrons. The van der Waals surface area contributed by atoms with Crippen LogP contribution in [0, 0.1) is 0 Å². The number of carbonyl (C=O) groups is 2.